The van der Waals surface area contributed by atoms with Crippen LogP contribution in [-0.4, -0.2) is 34.3 Å². The van der Waals surface area contributed by atoms with Gasteiger partial charge >= 0.3 is 0 Å². The fourth-order valence-electron chi connectivity index (χ4n) is 2.32. The van der Waals surface area contributed by atoms with Gasteiger partial charge in [0.05, 0.1) is 28.4 Å². The third kappa shape index (κ3) is 4.12. The van der Waals surface area contributed by atoms with Gasteiger partial charge in [0.15, 0.2) is 23.1 Å². The number of rotatable bonds is 7. The molecule has 25 heavy (non-hydrogen) atoms. The number of carbonyl (C=O) groups is 1. The van der Waals surface area contributed by atoms with Crippen LogP contribution in [0.25, 0.3) is 0 Å². The zero-order valence-corrected chi connectivity index (χ0v) is 14.5. The minimum Gasteiger partial charge on any atom is -0.494 e. The molecule has 0 unspecified atom stereocenters. The number of hydrogen-bond acceptors (Lipinski definition) is 5. The van der Waals surface area contributed by atoms with Crippen molar-refractivity contribution in [3.63, 3.8) is 0 Å². The first-order valence-electron chi connectivity index (χ1n) is 7.44. The average molecular weight is 349 g/mol. The van der Waals surface area contributed by atoms with E-state index in [1.165, 1.54) is 40.6 Å². The largest absolute Gasteiger partial charge is 0.494 e. The molecule has 0 saturated heterocycles. The van der Waals surface area contributed by atoms with E-state index in [2.05, 4.69) is 5.32 Å². The Balaban J connectivity index is 2.16. The van der Waals surface area contributed by atoms with Crippen molar-refractivity contribution in [3.05, 3.63) is 47.3 Å². The molecule has 0 fully saturated rings. The molecule has 0 radical (unpaired) electrons. The van der Waals surface area contributed by atoms with Crippen molar-refractivity contribution < 1.29 is 28.1 Å². The van der Waals surface area contributed by atoms with E-state index in [0.29, 0.717) is 28.4 Å². The average Bonchev–Trinajstić information content (AvgIpc) is 2.64. The summed E-state index contributed by atoms with van der Waals surface area (Å²) in [5.74, 6) is 0.473. The Morgan fingerprint density at radius 2 is 1.52 bits per heavy atom. The van der Waals surface area contributed by atoms with Gasteiger partial charge in [-0.05, 0) is 29.8 Å². The zero-order chi connectivity index (χ0) is 18.4. The van der Waals surface area contributed by atoms with Crippen LogP contribution in [0.3, 0.4) is 0 Å². The summed E-state index contributed by atoms with van der Waals surface area (Å²) in [5, 5.41) is 2.72. The van der Waals surface area contributed by atoms with Gasteiger partial charge in [0.25, 0.3) is 5.91 Å². The summed E-state index contributed by atoms with van der Waals surface area (Å²) in [6.07, 6.45) is 0. The van der Waals surface area contributed by atoms with Crippen LogP contribution in [0.4, 0.5) is 4.39 Å². The first-order valence-corrected chi connectivity index (χ1v) is 7.44. The van der Waals surface area contributed by atoms with Crippen molar-refractivity contribution in [2.45, 2.75) is 6.54 Å². The minimum atomic E-state index is -0.484. The van der Waals surface area contributed by atoms with Gasteiger partial charge in [-0.15, -0.1) is 0 Å². The van der Waals surface area contributed by atoms with E-state index in [-0.39, 0.29) is 18.2 Å². The van der Waals surface area contributed by atoms with Crippen molar-refractivity contribution in [1.82, 2.24) is 5.32 Å². The second-order valence-corrected chi connectivity index (χ2v) is 5.07. The SMILES string of the molecule is COc1ccc(CNC(=O)c2cc(OC)c(OC)c(OC)c2)cc1F. The fourth-order valence-corrected chi connectivity index (χ4v) is 2.32. The van der Waals surface area contributed by atoms with E-state index in [4.69, 9.17) is 18.9 Å². The maximum atomic E-state index is 13.7. The van der Waals surface area contributed by atoms with Gasteiger partial charge in [-0.3, -0.25) is 4.79 Å². The Morgan fingerprint density at radius 1 is 0.920 bits per heavy atom. The second-order valence-electron chi connectivity index (χ2n) is 5.07. The number of halogens is 1. The van der Waals surface area contributed by atoms with Crippen LogP contribution in [-0.2, 0) is 6.54 Å². The summed E-state index contributed by atoms with van der Waals surface area (Å²) < 4.78 is 34.2. The van der Waals surface area contributed by atoms with Crippen LogP contribution in [0.5, 0.6) is 23.0 Å². The second kappa shape index (κ2) is 8.23. The first-order chi connectivity index (χ1) is 12.0. The molecule has 0 heterocycles. The molecule has 0 bridgehead atoms. The Kier molecular flexibility index (Phi) is 6.05. The van der Waals surface area contributed by atoms with Gasteiger partial charge in [0.2, 0.25) is 5.75 Å². The molecule has 2 rings (SSSR count). The molecule has 0 aliphatic rings. The smallest absolute Gasteiger partial charge is 0.251 e. The zero-order valence-electron chi connectivity index (χ0n) is 14.5. The molecule has 134 valence electrons. The highest BCUT2D eigenvalue weighted by Gasteiger charge is 2.17. The van der Waals surface area contributed by atoms with Crippen LogP contribution in [0, 0.1) is 5.82 Å². The highest BCUT2D eigenvalue weighted by molar-refractivity contribution is 5.95. The third-order valence-corrected chi connectivity index (χ3v) is 3.60. The van der Waals surface area contributed by atoms with Gasteiger partial charge in [0.1, 0.15) is 0 Å². The van der Waals surface area contributed by atoms with Gasteiger partial charge < -0.3 is 24.3 Å². The molecule has 0 aliphatic carbocycles. The van der Waals surface area contributed by atoms with E-state index in [9.17, 15) is 9.18 Å². The molecule has 0 aliphatic heterocycles. The van der Waals surface area contributed by atoms with E-state index in [1.807, 2.05) is 0 Å². The normalized spacial score (nSPS) is 10.1. The predicted octanol–water partition coefficient (Wildman–Crippen LogP) is 2.79. The molecule has 0 spiro atoms. The third-order valence-electron chi connectivity index (χ3n) is 3.60. The molecule has 0 aromatic heterocycles. The molecule has 0 atom stereocenters. The van der Waals surface area contributed by atoms with Crippen LogP contribution in [0.15, 0.2) is 30.3 Å². The van der Waals surface area contributed by atoms with E-state index in [0.717, 1.165) is 0 Å². The van der Waals surface area contributed by atoms with E-state index < -0.39 is 5.82 Å². The standard InChI is InChI=1S/C18H20FNO5/c1-22-14-6-5-11(7-13(14)19)10-20-18(21)12-8-15(23-2)17(25-4)16(9-12)24-3/h5-9H,10H2,1-4H3,(H,20,21). The lowest BCUT2D eigenvalue weighted by molar-refractivity contribution is 0.0950. The summed E-state index contributed by atoms with van der Waals surface area (Å²) >= 11 is 0. The van der Waals surface area contributed by atoms with E-state index in [1.54, 1.807) is 18.2 Å². The van der Waals surface area contributed by atoms with Crippen LogP contribution in [0.1, 0.15) is 15.9 Å². The number of benzene rings is 2. The lowest BCUT2D eigenvalue weighted by Gasteiger charge is -2.14. The lowest BCUT2D eigenvalue weighted by atomic mass is 10.1. The van der Waals surface area contributed by atoms with Gasteiger partial charge in [-0.25, -0.2) is 4.39 Å². The number of hydrogen-bond donors (Lipinski definition) is 1. The minimum absolute atomic E-state index is 0.153. The maximum absolute atomic E-state index is 13.7. The van der Waals surface area contributed by atoms with Crippen LogP contribution in [0.2, 0.25) is 0 Å². The van der Waals surface area contributed by atoms with Crippen LogP contribution >= 0.6 is 0 Å². The monoisotopic (exact) mass is 349 g/mol. The van der Waals surface area contributed by atoms with Crippen molar-refractivity contribution in [2.24, 2.45) is 0 Å². The molecule has 0 saturated carbocycles. The molecule has 6 nitrogen and oxygen atoms in total. The summed E-state index contributed by atoms with van der Waals surface area (Å²) in [6.45, 7) is 0.163. The molecule has 1 N–H and O–H groups in total. The quantitative estimate of drug-likeness (QED) is 0.833. The lowest BCUT2D eigenvalue weighted by Crippen LogP contribution is -2.23. The molecular formula is C18H20FNO5. The number of methoxy groups -OCH3 is 4. The van der Waals surface area contributed by atoms with Crippen molar-refractivity contribution in [1.29, 1.82) is 0 Å². The Hall–Kier alpha value is -2.96. The van der Waals surface area contributed by atoms with Crippen molar-refractivity contribution >= 4 is 5.91 Å². The van der Waals surface area contributed by atoms with Crippen molar-refractivity contribution in [3.8, 4) is 23.0 Å². The number of amides is 1. The summed E-state index contributed by atoms with van der Waals surface area (Å²) in [5.41, 5.74) is 0.947. The highest BCUT2D eigenvalue weighted by Crippen LogP contribution is 2.38. The summed E-state index contributed by atoms with van der Waals surface area (Å²) in [4.78, 5) is 12.4. The summed E-state index contributed by atoms with van der Waals surface area (Å²) in [6, 6.07) is 7.60. The molecular weight excluding hydrogens is 329 g/mol. The number of ether oxygens (including phenoxy) is 4. The number of carbonyl (C=O) groups excluding carboxylic acids is 1. The van der Waals surface area contributed by atoms with Gasteiger partial charge in [-0.1, -0.05) is 6.07 Å². The molecule has 2 aromatic carbocycles. The first kappa shape index (κ1) is 18.4. The molecule has 2 aromatic rings. The Bertz CT molecular complexity index is 738. The highest BCUT2D eigenvalue weighted by atomic mass is 19.1. The fraction of sp³-hybridized carbons (Fsp3) is 0.278. The van der Waals surface area contributed by atoms with Crippen LogP contribution < -0.4 is 24.3 Å². The Labute approximate surface area is 145 Å². The van der Waals surface area contributed by atoms with E-state index >= 15 is 0 Å². The Morgan fingerprint density at radius 3 is 2.00 bits per heavy atom. The van der Waals surface area contributed by atoms with Gasteiger partial charge in [0, 0.05) is 12.1 Å². The molecule has 1 amide bonds. The molecule has 7 heteroatoms. The van der Waals surface area contributed by atoms with Crippen molar-refractivity contribution in [2.75, 3.05) is 28.4 Å². The number of nitrogens with one attached hydrogen (secondary N) is 1. The maximum Gasteiger partial charge on any atom is 0.251 e. The predicted molar refractivity (Wildman–Crippen MR) is 90.2 cm³/mol. The van der Waals surface area contributed by atoms with Gasteiger partial charge in [-0.2, -0.15) is 0 Å². The summed E-state index contributed by atoms with van der Waals surface area (Å²) in [7, 11) is 5.82. The topological polar surface area (TPSA) is 66.0 Å².